The number of hydrogen-bond donors (Lipinski definition) is 2. The van der Waals surface area contributed by atoms with Crippen molar-refractivity contribution in [3.63, 3.8) is 0 Å². The number of nitrogens with two attached hydrogens (primary N) is 2. The molecule has 1 saturated heterocycles. The molecule has 0 spiro atoms. The van der Waals surface area contributed by atoms with Crippen LogP contribution in [-0.4, -0.2) is 13.2 Å². The first-order chi connectivity index (χ1) is 6.70. The van der Waals surface area contributed by atoms with Crippen LogP contribution in [0.3, 0.4) is 0 Å². The Morgan fingerprint density at radius 3 is 2.79 bits per heavy atom. The summed E-state index contributed by atoms with van der Waals surface area (Å²) in [6.45, 7) is 1.26. The Labute approximate surface area is 81.8 Å². The van der Waals surface area contributed by atoms with E-state index in [-0.39, 0.29) is 17.4 Å². The van der Waals surface area contributed by atoms with Crippen LogP contribution in [0, 0.1) is 5.82 Å². The molecule has 1 atom stereocenters. The highest BCUT2D eigenvalue weighted by Crippen LogP contribution is 2.31. The predicted octanol–water partition coefficient (Wildman–Crippen LogP) is 1.49. The van der Waals surface area contributed by atoms with Gasteiger partial charge in [0.25, 0.3) is 0 Å². The van der Waals surface area contributed by atoms with Gasteiger partial charge in [-0.05, 0) is 18.1 Å². The lowest BCUT2D eigenvalue weighted by atomic mass is 9.97. The zero-order valence-electron chi connectivity index (χ0n) is 7.79. The number of benzene rings is 1. The normalized spacial score (nSPS) is 21.4. The second-order valence-corrected chi connectivity index (χ2v) is 3.53. The minimum absolute atomic E-state index is 0.0504. The molecule has 1 aliphatic heterocycles. The molecule has 0 aliphatic carbocycles. The SMILES string of the molecule is Nc1ccc(C2CCOC2)c(F)c1N. The molecule has 0 bridgehead atoms. The van der Waals surface area contributed by atoms with Gasteiger partial charge in [-0.15, -0.1) is 0 Å². The highest BCUT2D eigenvalue weighted by molar-refractivity contribution is 5.65. The van der Waals surface area contributed by atoms with Crippen molar-refractivity contribution < 1.29 is 9.13 Å². The van der Waals surface area contributed by atoms with E-state index in [2.05, 4.69) is 0 Å². The van der Waals surface area contributed by atoms with E-state index in [4.69, 9.17) is 16.2 Å². The monoisotopic (exact) mass is 196 g/mol. The third-order valence-corrected chi connectivity index (χ3v) is 2.61. The number of halogens is 1. The fourth-order valence-electron chi connectivity index (χ4n) is 1.72. The summed E-state index contributed by atoms with van der Waals surface area (Å²) in [6.07, 6.45) is 0.847. The van der Waals surface area contributed by atoms with Gasteiger partial charge in [-0.3, -0.25) is 0 Å². The van der Waals surface area contributed by atoms with Crippen molar-refractivity contribution in [2.75, 3.05) is 24.7 Å². The number of anilines is 2. The van der Waals surface area contributed by atoms with Crippen LogP contribution in [0.5, 0.6) is 0 Å². The summed E-state index contributed by atoms with van der Waals surface area (Å²) in [7, 11) is 0. The topological polar surface area (TPSA) is 61.3 Å². The van der Waals surface area contributed by atoms with Crippen LogP contribution < -0.4 is 11.5 Å². The third-order valence-electron chi connectivity index (χ3n) is 2.61. The number of rotatable bonds is 1. The maximum absolute atomic E-state index is 13.7. The van der Waals surface area contributed by atoms with Gasteiger partial charge in [-0.2, -0.15) is 0 Å². The molecule has 1 aromatic carbocycles. The number of hydrogen-bond acceptors (Lipinski definition) is 3. The summed E-state index contributed by atoms with van der Waals surface area (Å²) in [4.78, 5) is 0. The summed E-state index contributed by atoms with van der Waals surface area (Å²) in [5, 5.41) is 0. The minimum Gasteiger partial charge on any atom is -0.397 e. The van der Waals surface area contributed by atoms with Gasteiger partial charge in [0, 0.05) is 12.5 Å². The molecule has 3 nitrogen and oxygen atoms in total. The fourth-order valence-corrected chi connectivity index (χ4v) is 1.72. The van der Waals surface area contributed by atoms with Gasteiger partial charge in [0.05, 0.1) is 18.0 Å². The number of nitrogen functional groups attached to an aromatic ring is 2. The summed E-state index contributed by atoms with van der Waals surface area (Å²) in [5.41, 5.74) is 12.0. The van der Waals surface area contributed by atoms with Crippen LogP contribution in [0.2, 0.25) is 0 Å². The molecule has 0 saturated carbocycles. The van der Waals surface area contributed by atoms with Crippen molar-refractivity contribution in [2.45, 2.75) is 12.3 Å². The van der Waals surface area contributed by atoms with Gasteiger partial charge in [0.15, 0.2) is 5.82 Å². The fraction of sp³-hybridized carbons (Fsp3) is 0.400. The zero-order valence-corrected chi connectivity index (χ0v) is 7.79. The van der Waals surface area contributed by atoms with Crippen molar-refractivity contribution in [2.24, 2.45) is 0 Å². The average molecular weight is 196 g/mol. The maximum Gasteiger partial charge on any atom is 0.151 e. The lowest BCUT2D eigenvalue weighted by Crippen LogP contribution is -2.06. The molecule has 4 heteroatoms. The van der Waals surface area contributed by atoms with E-state index in [9.17, 15) is 4.39 Å². The molecule has 4 N–H and O–H groups in total. The zero-order chi connectivity index (χ0) is 10.1. The lowest BCUT2D eigenvalue weighted by molar-refractivity contribution is 0.193. The second kappa shape index (κ2) is 3.46. The Kier molecular flexibility index (Phi) is 2.29. The summed E-state index contributed by atoms with van der Waals surface area (Å²) in [6, 6.07) is 3.34. The first kappa shape index (κ1) is 9.27. The molecule has 76 valence electrons. The largest absolute Gasteiger partial charge is 0.397 e. The minimum atomic E-state index is -0.388. The first-order valence-electron chi connectivity index (χ1n) is 4.61. The molecular weight excluding hydrogens is 183 g/mol. The van der Waals surface area contributed by atoms with E-state index >= 15 is 0 Å². The molecule has 1 heterocycles. The van der Waals surface area contributed by atoms with Crippen LogP contribution in [0.4, 0.5) is 15.8 Å². The van der Waals surface area contributed by atoms with Crippen molar-refractivity contribution in [3.05, 3.63) is 23.5 Å². The van der Waals surface area contributed by atoms with Crippen LogP contribution in [0.25, 0.3) is 0 Å². The Hall–Kier alpha value is -1.29. The van der Waals surface area contributed by atoms with E-state index in [0.29, 0.717) is 24.5 Å². The maximum atomic E-state index is 13.7. The van der Waals surface area contributed by atoms with E-state index in [0.717, 1.165) is 6.42 Å². The van der Waals surface area contributed by atoms with Gasteiger partial charge in [0.1, 0.15) is 0 Å². The highest BCUT2D eigenvalue weighted by Gasteiger charge is 2.22. The average Bonchev–Trinajstić information content (AvgIpc) is 2.67. The van der Waals surface area contributed by atoms with Crippen LogP contribution in [0.15, 0.2) is 12.1 Å². The van der Waals surface area contributed by atoms with Crippen LogP contribution >= 0.6 is 0 Å². The van der Waals surface area contributed by atoms with Gasteiger partial charge in [-0.1, -0.05) is 6.07 Å². The van der Waals surface area contributed by atoms with Gasteiger partial charge in [0.2, 0.25) is 0 Å². The summed E-state index contributed by atoms with van der Waals surface area (Å²) >= 11 is 0. The first-order valence-corrected chi connectivity index (χ1v) is 4.61. The molecule has 2 rings (SSSR count). The van der Waals surface area contributed by atoms with Gasteiger partial charge in [-0.25, -0.2) is 4.39 Å². The number of ether oxygens (including phenoxy) is 1. The molecular formula is C10H13FN2O. The smallest absolute Gasteiger partial charge is 0.151 e. The van der Waals surface area contributed by atoms with E-state index < -0.39 is 0 Å². The standard InChI is InChI=1S/C10H13FN2O/c11-9-7(6-3-4-14-5-6)1-2-8(12)10(9)13/h1-2,6H,3-5,12-13H2. The molecule has 0 amide bonds. The van der Waals surface area contributed by atoms with E-state index in [1.807, 2.05) is 0 Å². The molecule has 0 aromatic heterocycles. The van der Waals surface area contributed by atoms with Crippen molar-refractivity contribution in [1.29, 1.82) is 0 Å². The van der Waals surface area contributed by atoms with Gasteiger partial charge < -0.3 is 16.2 Å². The Morgan fingerprint density at radius 2 is 2.14 bits per heavy atom. The van der Waals surface area contributed by atoms with Crippen molar-refractivity contribution in [1.82, 2.24) is 0 Å². The molecule has 1 unspecified atom stereocenters. The van der Waals surface area contributed by atoms with Crippen LogP contribution in [-0.2, 0) is 4.74 Å². The van der Waals surface area contributed by atoms with E-state index in [1.165, 1.54) is 0 Å². The Bertz CT molecular complexity index is 348. The molecule has 1 aliphatic rings. The quantitative estimate of drug-likeness (QED) is 0.669. The van der Waals surface area contributed by atoms with Crippen molar-refractivity contribution >= 4 is 11.4 Å². The van der Waals surface area contributed by atoms with Gasteiger partial charge >= 0.3 is 0 Å². The summed E-state index contributed by atoms with van der Waals surface area (Å²) in [5.74, 6) is -0.265. The molecule has 14 heavy (non-hydrogen) atoms. The van der Waals surface area contributed by atoms with Crippen molar-refractivity contribution in [3.8, 4) is 0 Å². The lowest BCUT2D eigenvalue weighted by Gasteiger charge is -2.11. The highest BCUT2D eigenvalue weighted by atomic mass is 19.1. The Balaban J connectivity index is 2.38. The van der Waals surface area contributed by atoms with E-state index in [1.54, 1.807) is 12.1 Å². The molecule has 1 aromatic rings. The predicted molar refractivity (Wildman–Crippen MR) is 53.4 cm³/mol. The second-order valence-electron chi connectivity index (χ2n) is 3.53. The molecule has 1 fully saturated rings. The summed E-state index contributed by atoms with van der Waals surface area (Å²) < 4.78 is 18.9. The van der Waals surface area contributed by atoms with Crippen LogP contribution in [0.1, 0.15) is 17.9 Å². The Morgan fingerprint density at radius 1 is 1.36 bits per heavy atom. The third kappa shape index (κ3) is 1.42. The molecule has 0 radical (unpaired) electrons.